The number of hydrogen-bond acceptors (Lipinski definition) is 3. The van der Waals surface area contributed by atoms with Crippen LogP contribution in [0.15, 0.2) is 60.9 Å². The van der Waals surface area contributed by atoms with Gasteiger partial charge in [-0.05, 0) is 42.2 Å². The standard InChI is InChI=1S/C23H23ClN4O2/c1-28-13-12-25-22(28)21(15-6-9-18(24)10-7-15)27-20(29)11-8-17-14-16-4-2-3-5-19(16)26-23(17)30/h2-7,9-10,12-13,17,21H,8,11,14H2,1H3,(H,26,30)(H,27,29)/t17-,21+/m0/s1. The molecule has 0 fully saturated rings. The van der Waals surface area contributed by atoms with Gasteiger partial charge in [0, 0.05) is 42.5 Å². The van der Waals surface area contributed by atoms with Crippen LogP contribution in [-0.4, -0.2) is 21.4 Å². The average molecular weight is 423 g/mol. The summed E-state index contributed by atoms with van der Waals surface area (Å²) >= 11 is 6.02. The summed E-state index contributed by atoms with van der Waals surface area (Å²) < 4.78 is 1.88. The number of imidazole rings is 1. The Balaban J connectivity index is 1.44. The Hall–Kier alpha value is -3.12. The molecule has 0 radical (unpaired) electrons. The van der Waals surface area contributed by atoms with Crippen molar-refractivity contribution >= 4 is 29.1 Å². The van der Waals surface area contributed by atoms with Gasteiger partial charge in [0.15, 0.2) is 0 Å². The summed E-state index contributed by atoms with van der Waals surface area (Å²) in [6, 6.07) is 14.7. The first kappa shape index (κ1) is 20.2. The molecule has 4 rings (SSSR count). The molecule has 0 bridgehead atoms. The Morgan fingerprint density at radius 3 is 2.77 bits per heavy atom. The second kappa shape index (κ2) is 8.71. The number of benzene rings is 2. The molecular weight excluding hydrogens is 400 g/mol. The summed E-state index contributed by atoms with van der Waals surface area (Å²) in [5.74, 6) is 0.368. The first-order valence-corrected chi connectivity index (χ1v) is 10.3. The number of anilines is 1. The third-order valence-corrected chi connectivity index (χ3v) is 5.71. The minimum absolute atomic E-state index is 0.0279. The van der Waals surface area contributed by atoms with Gasteiger partial charge in [0.1, 0.15) is 11.9 Å². The SMILES string of the molecule is Cn1ccnc1[C@H](NC(=O)CC[C@H]1Cc2ccccc2NC1=O)c1ccc(Cl)cc1. The van der Waals surface area contributed by atoms with Gasteiger partial charge in [-0.15, -0.1) is 0 Å². The van der Waals surface area contributed by atoms with Crippen molar-refractivity contribution in [2.24, 2.45) is 13.0 Å². The van der Waals surface area contributed by atoms with Crippen molar-refractivity contribution in [3.63, 3.8) is 0 Å². The number of para-hydroxylation sites is 1. The number of carbonyl (C=O) groups is 2. The van der Waals surface area contributed by atoms with E-state index in [4.69, 9.17) is 11.6 Å². The summed E-state index contributed by atoms with van der Waals surface area (Å²) in [5.41, 5.74) is 2.86. The number of aromatic nitrogens is 2. The lowest BCUT2D eigenvalue weighted by molar-refractivity contribution is -0.123. The van der Waals surface area contributed by atoms with E-state index in [1.54, 1.807) is 18.3 Å². The number of nitrogens with one attached hydrogen (secondary N) is 2. The summed E-state index contributed by atoms with van der Waals surface area (Å²) in [6.45, 7) is 0. The molecule has 7 heteroatoms. The number of carbonyl (C=O) groups excluding carboxylic acids is 2. The highest BCUT2D eigenvalue weighted by molar-refractivity contribution is 6.30. The van der Waals surface area contributed by atoms with E-state index in [2.05, 4.69) is 15.6 Å². The van der Waals surface area contributed by atoms with Gasteiger partial charge in [-0.25, -0.2) is 4.98 Å². The van der Waals surface area contributed by atoms with Crippen LogP contribution in [0.3, 0.4) is 0 Å². The number of fused-ring (bicyclic) bond motifs is 1. The molecule has 2 heterocycles. The van der Waals surface area contributed by atoms with Crippen LogP contribution in [0.5, 0.6) is 0 Å². The van der Waals surface area contributed by atoms with Crippen molar-refractivity contribution < 1.29 is 9.59 Å². The minimum Gasteiger partial charge on any atom is -0.342 e. The van der Waals surface area contributed by atoms with Crippen LogP contribution in [0, 0.1) is 5.92 Å². The highest BCUT2D eigenvalue weighted by atomic mass is 35.5. The van der Waals surface area contributed by atoms with Crippen molar-refractivity contribution in [2.75, 3.05) is 5.32 Å². The summed E-state index contributed by atoms with van der Waals surface area (Å²) in [7, 11) is 1.89. The number of rotatable bonds is 6. The number of amides is 2. The van der Waals surface area contributed by atoms with E-state index in [0.29, 0.717) is 17.9 Å². The van der Waals surface area contributed by atoms with Crippen LogP contribution in [0.1, 0.15) is 35.8 Å². The quantitative estimate of drug-likeness (QED) is 0.633. The molecule has 2 aromatic carbocycles. The van der Waals surface area contributed by atoms with Gasteiger partial charge < -0.3 is 15.2 Å². The Morgan fingerprint density at radius 2 is 2.03 bits per heavy atom. The molecule has 0 saturated heterocycles. The molecule has 2 amide bonds. The maximum absolute atomic E-state index is 12.8. The summed E-state index contributed by atoms with van der Waals surface area (Å²) in [4.78, 5) is 29.6. The number of aryl methyl sites for hydroxylation is 1. The van der Waals surface area contributed by atoms with Crippen LogP contribution in [0.4, 0.5) is 5.69 Å². The normalized spacial score (nSPS) is 16.5. The van der Waals surface area contributed by atoms with Crippen LogP contribution in [-0.2, 0) is 23.1 Å². The van der Waals surface area contributed by atoms with E-state index in [1.807, 2.05) is 54.2 Å². The second-order valence-electron chi connectivity index (χ2n) is 7.53. The predicted octanol–water partition coefficient (Wildman–Crippen LogP) is 3.87. The zero-order valence-electron chi connectivity index (χ0n) is 16.6. The van der Waals surface area contributed by atoms with Crippen molar-refractivity contribution in [2.45, 2.75) is 25.3 Å². The third-order valence-electron chi connectivity index (χ3n) is 5.46. The lowest BCUT2D eigenvalue weighted by Gasteiger charge is -2.25. The lowest BCUT2D eigenvalue weighted by atomic mass is 9.89. The Labute approximate surface area is 180 Å². The first-order valence-electron chi connectivity index (χ1n) is 9.92. The van der Waals surface area contributed by atoms with Crippen molar-refractivity contribution in [3.05, 3.63) is 82.9 Å². The fraction of sp³-hybridized carbons (Fsp3) is 0.261. The third kappa shape index (κ3) is 4.39. The fourth-order valence-corrected chi connectivity index (χ4v) is 3.92. The molecule has 1 aliphatic heterocycles. The predicted molar refractivity (Wildman–Crippen MR) is 116 cm³/mol. The van der Waals surface area contributed by atoms with Crippen LogP contribution < -0.4 is 10.6 Å². The van der Waals surface area contributed by atoms with Gasteiger partial charge in [0.05, 0.1) is 0 Å². The summed E-state index contributed by atoms with van der Waals surface area (Å²) in [6.07, 6.45) is 4.94. The second-order valence-corrected chi connectivity index (χ2v) is 7.97. The average Bonchev–Trinajstić information content (AvgIpc) is 3.17. The molecule has 0 saturated carbocycles. The Bertz CT molecular complexity index is 1060. The fourth-order valence-electron chi connectivity index (χ4n) is 3.79. The van der Waals surface area contributed by atoms with Crippen LogP contribution in [0.2, 0.25) is 5.02 Å². The largest absolute Gasteiger partial charge is 0.342 e. The molecule has 0 unspecified atom stereocenters. The zero-order chi connectivity index (χ0) is 21.1. The maximum Gasteiger partial charge on any atom is 0.227 e. The molecule has 2 atom stereocenters. The van der Waals surface area contributed by atoms with Gasteiger partial charge in [0.2, 0.25) is 11.8 Å². The molecule has 3 aromatic rings. The molecule has 1 aliphatic rings. The van der Waals surface area contributed by atoms with E-state index in [9.17, 15) is 9.59 Å². The molecule has 0 spiro atoms. The minimum atomic E-state index is -0.393. The molecule has 2 N–H and O–H groups in total. The molecule has 1 aromatic heterocycles. The van der Waals surface area contributed by atoms with Gasteiger partial charge in [-0.3, -0.25) is 9.59 Å². The van der Waals surface area contributed by atoms with Gasteiger partial charge >= 0.3 is 0 Å². The first-order chi connectivity index (χ1) is 14.5. The smallest absolute Gasteiger partial charge is 0.227 e. The summed E-state index contributed by atoms with van der Waals surface area (Å²) in [5, 5.41) is 6.64. The highest BCUT2D eigenvalue weighted by Crippen LogP contribution is 2.28. The monoisotopic (exact) mass is 422 g/mol. The van der Waals surface area contributed by atoms with Crippen LogP contribution >= 0.6 is 11.6 Å². The van der Waals surface area contributed by atoms with Crippen molar-refractivity contribution in [3.8, 4) is 0 Å². The van der Waals surface area contributed by atoms with Gasteiger partial charge in [-0.1, -0.05) is 41.9 Å². The topological polar surface area (TPSA) is 76.0 Å². The van der Waals surface area contributed by atoms with E-state index >= 15 is 0 Å². The van der Waals surface area contributed by atoms with E-state index in [0.717, 1.165) is 22.6 Å². The van der Waals surface area contributed by atoms with Gasteiger partial charge in [0.25, 0.3) is 0 Å². The van der Waals surface area contributed by atoms with E-state index in [1.165, 1.54) is 0 Å². The van der Waals surface area contributed by atoms with E-state index in [-0.39, 0.29) is 24.2 Å². The Morgan fingerprint density at radius 1 is 1.27 bits per heavy atom. The molecule has 0 aliphatic carbocycles. The highest BCUT2D eigenvalue weighted by Gasteiger charge is 2.27. The number of hydrogen-bond donors (Lipinski definition) is 2. The molecule has 154 valence electrons. The van der Waals surface area contributed by atoms with Crippen LogP contribution in [0.25, 0.3) is 0 Å². The lowest BCUT2D eigenvalue weighted by Crippen LogP contribution is -2.34. The number of nitrogens with zero attached hydrogens (tertiary/aromatic N) is 2. The molecule has 6 nitrogen and oxygen atoms in total. The molecule has 30 heavy (non-hydrogen) atoms. The maximum atomic E-state index is 12.8. The van der Waals surface area contributed by atoms with E-state index < -0.39 is 6.04 Å². The van der Waals surface area contributed by atoms with Gasteiger partial charge in [-0.2, -0.15) is 0 Å². The zero-order valence-corrected chi connectivity index (χ0v) is 17.4. The molecular formula is C23H23ClN4O2. The van der Waals surface area contributed by atoms with Crippen molar-refractivity contribution in [1.29, 1.82) is 0 Å². The van der Waals surface area contributed by atoms with Crippen molar-refractivity contribution in [1.82, 2.24) is 14.9 Å². The number of halogens is 1. The Kier molecular flexibility index (Phi) is 5.86.